The third-order valence-corrected chi connectivity index (χ3v) is 2.55. The molecular formula is C10H17NO3. The summed E-state index contributed by atoms with van der Waals surface area (Å²) in [6.45, 7) is 5.80. The highest BCUT2D eigenvalue weighted by Crippen LogP contribution is 2.29. The van der Waals surface area contributed by atoms with Crippen molar-refractivity contribution in [2.45, 2.75) is 45.6 Å². The summed E-state index contributed by atoms with van der Waals surface area (Å²) in [5, 5.41) is 1.32. The van der Waals surface area contributed by atoms with Crippen LogP contribution in [-0.4, -0.2) is 28.9 Å². The Labute approximate surface area is 84.2 Å². The zero-order valence-electron chi connectivity index (χ0n) is 9.00. The fraction of sp³-hybridized carbons (Fsp3) is 0.800. The summed E-state index contributed by atoms with van der Waals surface area (Å²) >= 11 is 0. The second-order valence-electron chi connectivity index (χ2n) is 4.02. The quantitative estimate of drug-likeness (QED) is 0.685. The zero-order chi connectivity index (χ0) is 10.8. The first-order chi connectivity index (χ1) is 6.47. The molecule has 1 saturated heterocycles. The highest BCUT2D eigenvalue weighted by atomic mass is 16.7. The molecule has 1 atom stereocenters. The lowest BCUT2D eigenvalue weighted by atomic mass is 10.0. The minimum Gasteiger partial charge on any atom is -0.300 e. The topological polar surface area (TPSA) is 46.6 Å². The van der Waals surface area contributed by atoms with Gasteiger partial charge in [-0.2, -0.15) is 0 Å². The molecule has 1 aliphatic rings. The fourth-order valence-electron chi connectivity index (χ4n) is 1.38. The Morgan fingerprint density at radius 3 is 2.71 bits per heavy atom. The molecule has 1 unspecified atom stereocenters. The molecule has 1 rings (SSSR count). The largest absolute Gasteiger partial charge is 0.300 e. The number of ketones is 1. The van der Waals surface area contributed by atoms with E-state index >= 15 is 0 Å². The molecule has 1 fully saturated rings. The van der Waals surface area contributed by atoms with Crippen LogP contribution in [0.4, 0.5) is 0 Å². The van der Waals surface area contributed by atoms with E-state index in [0.717, 1.165) is 6.42 Å². The van der Waals surface area contributed by atoms with Crippen LogP contribution >= 0.6 is 0 Å². The van der Waals surface area contributed by atoms with Crippen molar-refractivity contribution in [2.24, 2.45) is 0 Å². The van der Waals surface area contributed by atoms with E-state index in [2.05, 4.69) is 0 Å². The van der Waals surface area contributed by atoms with E-state index in [-0.39, 0.29) is 17.3 Å². The minimum atomic E-state index is -0.367. The van der Waals surface area contributed by atoms with Gasteiger partial charge in [-0.25, -0.2) is 5.06 Å². The molecule has 0 aliphatic carbocycles. The molecule has 0 N–H and O–H groups in total. The molecule has 0 saturated carbocycles. The van der Waals surface area contributed by atoms with Gasteiger partial charge in [0.25, 0.3) is 0 Å². The van der Waals surface area contributed by atoms with Gasteiger partial charge < -0.3 is 0 Å². The first-order valence-electron chi connectivity index (χ1n) is 4.96. The molecule has 1 amide bonds. The first kappa shape index (κ1) is 11.2. The average molecular weight is 199 g/mol. The van der Waals surface area contributed by atoms with E-state index in [4.69, 9.17) is 4.84 Å². The van der Waals surface area contributed by atoms with Gasteiger partial charge in [0.05, 0.1) is 13.0 Å². The van der Waals surface area contributed by atoms with E-state index in [0.29, 0.717) is 19.4 Å². The Bertz CT molecular complexity index is 252. The Morgan fingerprint density at radius 2 is 2.29 bits per heavy atom. The third kappa shape index (κ3) is 2.54. The molecule has 0 spiro atoms. The number of hydroxylamine groups is 2. The van der Waals surface area contributed by atoms with Gasteiger partial charge in [0.1, 0.15) is 11.4 Å². The Hall–Kier alpha value is -0.900. The number of carbonyl (C=O) groups is 2. The van der Waals surface area contributed by atoms with Crippen molar-refractivity contribution >= 4 is 11.7 Å². The normalized spacial score (nSPS) is 27.1. The van der Waals surface area contributed by atoms with Gasteiger partial charge in [0.2, 0.25) is 5.91 Å². The van der Waals surface area contributed by atoms with Crippen LogP contribution in [0, 0.1) is 0 Å². The molecule has 80 valence electrons. The van der Waals surface area contributed by atoms with Crippen LogP contribution in [0.25, 0.3) is 0 Å². The summed E-state index contributed by atoms with van der Waals surface area (Å²) in [6.07, 6.45) is 1.59. The highest BCUT2D eigenvalue weighted by molar-refractivity contribution is 5.79. The van der Waals surface area contributed by atoms with Crippen LogP contribution in [0.3, 0.4) is 0 Å². The van der Waals surface area contributed by atoms with Crippen LogP contribution in [0.5, 0.6) is 0 Å². The molecule has 0 radical (unpaired) electrons. The van der Waals surface area contributed by atoms with Gasteiger partial charge in [0.15, 0.2) is 0 Å². The fourth-order valence-corrected chi connectivity index (χ4v) is 1.38. The van der Waals surface area contributed by atoms with Crippen molar-refractivity contribution < 1.29 is 14.4 Å². The average Bonchev–Trinajstić information content (AvgIpc) is 2.39. The SMILES string of the molecule is CCC1(C)CC(=O)N(CCC(C)=O)O1. The van der Waals surface area contributed by atoms with Crippen LogP contribution in [0.2, 0.25) is 0 Å². The van der Waals surface area contributed by atoms with Crippen molar-refractivity contribution in [1.82, 2.24) is 5.06 Å². The second-order valence-corrected chi connectivity index (χ2v) is 4.02. The molecule has 4 nitrogen and oxygen atoms in total. The van der Waals surface area contributed by atoms with E-state index in [9.17, 15) is 9.59 Å². The minimum absolute atomic E-state index is 0.0180. The molecule has 0 aromatic heterocycles. The summed E-state index contributed by atoms with van der Waals surface area (Å²) in [4.78, 5) is 27.7. The number of hydrogen-bond donors (Lipinski definition) is 0. The maximum atomic E-state index is 11.5. The van der Waals surface area contributed by atoms with E-state index in [1.807, 2.05) is 13.8 Å². The predicted octanol–water partition coefficient (Wildman–Crippen LogP) is 1.30. The maximum absolute atomic E-state index is 11.5. The van der Waals surface area contributed by atoms with Crippen molar-refractivity contribution in [2.75, 3.05) is 6.54 Å². The van der Waals surface area contributed by atoms with E-state index in [1.54, 1.807) is 0 Å². The number of Topliss-reactive ketones (excluding diaryl/α,β-unsaturated/α-hetero) is 1. The standard InChI is InChI=1S/C10H17NO3/c1-4-10(3)7-9(13)11(14-10)6-5-8(2)12/h4-7H2,1-3H3. The Morgan fingerprint density at radius 1 is 1.64 bits per heavy atom. The molecule has 1 heterocycles. The summed E-state index contributed by atoms with van der Waals surface area (Å²) in [7, 11) is 0. The third-order valence-electron chi connectivity index (χ3n) is 2.55. The number of rotatable bonds is 4. The van der Waals surface area contributed by atoms with Crippen LogP contribution in [0.1, 0.15) is 40.0 Å². The zero-order valence-corrected chi connectivity index (χ0v) is 9.00. The number of nitrogens with zero attached hydrogens (tertiary/aromatic N) is 1. The second kappa shape index (κ2) is 4.09. The Kier molecular flexibility index (Phi) is 3.26. The first-order valence-corrected chi connectivity index (χ1v) is 4.96. The monoisotopic (exact) mass is 199 g/mol. The van der Waals surface area contributed by atoms with Gasteiger partial charge in [-0.05, 0) is 20.3 Å². The number of amides is 1. The molecule has 4 heteroatoms. The van der Waals surface area contributed by atoms with Crippen molar-refractivity contribution in [3.05, 3.63) is 0 Å². The molecule has 0 aromatic rings. The number of carbonyl (C=O) groups excluding carboxylic acids is 2. The number of hydrogen-bond acceptors (Lipinski definition) is 3. The molecule has 14 heavy (non-hydrogen) atoms. The summed E-state index contributed by atoms with van der Waals surface area (Å²) in [5.41, 5.74) is -0.367. The molecule has 0 bridgehead atoms. The van der Waals surface area contributed by atoms with Gasteiger partial charge in [-0.15, -0.1) is 0 Å². The lowest BCUT2D eigenvalue weighted by Gasteiger charge is -2.21. The molecule has 0 aromatic carbocycles. The van der Waals surface area contributed by atoms with Gasteiger partial charge in [0, 0.05) is 6.42 Å². The lowest BCUT2D eigenvalue weighted by molar-refractivity contribution is -0.195. The lowest BCUT2D eigenvalue weighted by Crippen LogP contribution is -2.29. The van der Waals surface area contributed by atoms with Gasteiger partial charge in [-0.3, -0.25) is 14.4 Å². The van der Waals surface area contributed by atoms with E-state index in [1.165, 1.54) is 12.0 Å². The van der Waals surface area contributed by atoms with E-state index < -0.39 is 0 Å². The molecule has 1 aliphatic heterocycles. The van der Waals surface area contributed by atoms with Crippen LogP contribution in [-0.2, 0) is 14.4 Å². The predicted molar refractivity (Wildman–Crippen MR) is 51.4 cm³/mol. The van der Waals surface area contributed by atoms with Crippen LogP contribution < -0.4 is 0 Å². The highest BCUT2D eigenvalue weighted by Gasteiger charge is 2.39. The molecular weight excluding hydrogens is 182 g/mol. The van der Waals surface area contributed by atoms with Gasteiger partial charge in [-0.1, -0.05) is 6.92 Å². The Balaban J connectivity index is 2.49. The van der Waals surface area contributed by atoms with Crippen molar-refractivity contribution in [3.8, 4) is 0 Å². The van der Waals surface area contributed by atoms with Crippen molar-refractivity contribution in [3.63, 3.8) is 0 Å². The van der Waals surface area contributed by atoms with Crippen LogP contribution in [0.15, 0.2) is 0 Å². The summed E-state index contributed by atoms with van der Waals surface area (Å²) < 4.78 is 0. The van der Waals surface area contributed by atoms with Crippen molar-refractivity contribution in [1.29, 1.82) is 0 Å². The summed E-state index contributed by atoms with van der Waals surface area (Å²) in [6, 6.07) is 0. The smallest absolute Gasteiger partial charge is 0.249 e. The summed E-state index contributed by atoms with van der Waals surface area (Å²) in [5.74, 6) is 0.0575. The maximum Gasteiger partial charge on any atom is 0.249 e. The van der Waals surface area contributed by atoms with Gasteiger partial charge >= 0.3 is 0 Å².